The van der Waals surface area contributed by atoms with Gasteiger partial charge < -0.3 is 5.11 Å². The second kappa shape index (κ2) is 6.34. The number of hydrogen-bond acceptors (Lipinski definition) is 3. The van der Waals surface area contributed by atoms with Crippen molar-refractivity contribution >= 4 is 10.0 Å². The van der Waals surface area contributed by atoms with Gasteiger partial charge in [0.2, 0.25) is 10.0 Å². The highest BCUT2D eigenvalue weighted by Crippen LogP contribution is 1.99. The lowest BCUT2D eigenvalue weighted by molar-refractivity contribution is 0.295. The van der Waals surface area contributed by atoms with Gasteiger partial charge in [-0.2, -0.15) is 0 Å². The Kier molecular flexibility index (Phi) is 6.28. The van der Waals surface area contributed by atoms with Crippen molar-refractivity contribution < 1.29 is 13.5 Å². The van der Waals surface area contributed by atoms with Crippen LogP contribution in [0.3, 0.4) is 0 Å². The zero-order valence-electron chi connectivity index (χ0n) is 8.28. The lowest BCUT2D eigenvalue weighted by atomic mass is 10.1. The highest BCUT2D eigenvalue weighted by atomic mass is 32.2. The zero-order chi connectivity index (χ0) is 10.3. The molecule has 0 bridgehead atoms. The summed E-state index contributed by atoms with van der Waals surface area (Å²) in [5.74, 6) is 0.379. The Balaban J connectivity index is 3.76. The minimum absolute atomic E-state index is 0.0138. The molecule has 4 nitrogen and oxygen atoms in total. The second-order valence-corrected chi connectivity index (χ2v) is 5.18. The summed E-state index contributed by atoms with van der Waals surface area (Å²) in [4.78, 5) is 0. The molecular formula is C8H19NO3S. The van der Waals surface area contributed by atoms with Gasteiger partial charge in [0.15, 0.2) is 0 Å². The molecule has 0 heterocycles. The van der Waals surface area contributed by atoms with Crippen LogP contribution < -0.4 is 4.72 Å². The van der Waals surface area contributed by atoms with E-state index >= 15 is 0 Å². The predicted octanol–water partition coefficient (Wildman–Crippen LogP) is 0.334. The first-order valence-electron chi connectivity index (χ1n) is 4.60. The molecule has 5 heteroatoms. The number of rotatable bonds is 7. The van der Waals surface area contributed by atoms with Crippen molar-refractivity contribution in [3.8, 4) is 0 Å². The molecular weight excluding hydrogens is 190 g/mol. The topological polar surface area (TPSA) is 66.4 Å². The molecule has 0 aromatic rings. The summed E-state index contributed by atoms with van der Waals surface area (Å²) in [5.41, 5.74) is 0. The monoisotopic (exact) mass is 209 g/mol. The molecule has 0 amide bonds. The van der Waals surface area contributed by atoms with Gasteiger partial charge in [-0.05, 0) is 12.3 Å². The fourth-order valence-corrected chi connectivity index (χ4v) is 1.93. The quantitative estimate of drug-likeness (QED) is 0.635. The number of hydrogen-bond donors (Lipinski definition) is 2. The van der Waals surface area contributed by atoms with Crippen molar-refractivity contribution in [1.82, 2.24) is 4.72 Å². The normalized spacial score (nSPS) is 14.4. The Labute approximate surface area is 80.4 Å². The lowest BCUT2D eigenvalue weighted by Gasteiger charge is -2.10. The van der Waals surface area contributed by atoms with Gasteiger partial charge in [0.25, 0.3) is 0 Å². The average Bonchev–Trinajstić information content (AvgIpc) is 2.11. The van der Waals surface area contributed by atoms with Gasteiger partial charge in [0.05, 0.1) is 5.75 Å². The highest BCUT2D eigenvalue weighted by molar-refractivity contribution is 7.89. The van der Waals surface area contributed by atoms with E-state index in [0.29, 0.717) is 18.9 Å². The second-order valence-electron chi connectivity index (χ2n) is 3.26. The molecule has 0 fully saturated rings. The van der Waals surface area contributed by atoms with Crippen LogP contribution >= 0.6 is 0 Å². The highest BCUT2D eigenvalue weighted by Gasteiger charge is 2.10. The van der Waals surface area contributed by atoms with E-state index < -0.39 is 10.0 Å². The molecule has 0 spiro atoms. The summed E-state index contributed by atoms with van der Waals surface area (Å²) in [5, 5.41) is 8.46. The van der Waals surface area contributed by atoms with Crippen LogP contribution in [-0.4, -0.2) is 32.4 Å². The van der Waals surface area contributed by atoms with Crippen molar-refractivity contribution in [3.63, 3.8) is 0 Å². The largest absolute Gasteiger partial charge is 0.396 e. The van der Waals surface area contributed by atoms with Gasteiger partial charge in [-0.3, -0.25) is 0 Å². The maximum atomic E-state index is 11.2. The van der Waals surface area contributed by atoms with Crippen molar-refractivity contribution in [2.45, 2.75) is 26.7 Å². The molecule has 1 atom stereocenters. The molecule has 0 rings (SSSR count). The van der Waals surface area contributed by atoms with Gasteiger partial charge in [-0.15, -0.1) is 0 Å². The minimum Gasteiger partial charge on any atom is -0.396 e. The molecule has 0 aliphatic carbocycles. The number of aliphatic hydroxyl groups is 1. The van der Waals surface area contributed by atoms with Gasteiger partial charge in [-0.25, -0.2) is 13.1 Å². The zero-order valence-corrected chi connectivity index (χ0v) is 9.10. The number of nitrogens with one attached hydrogen (secondary N) is 1. The summed E-state index contributed by atoms with van der Waals surface area (Å²) in [6.07, 6.45) is 1.26. The maximum absolute atomic E-state index is 11.2. The van der Waals surface area contributed by atoms with Crippen LogP contribution in [0.5, 0.6) is 0 Å². The van der Waals surface area contributed by atoms with Gasteiger partial charge in [-0.1, -0.05) is 20.3 Å². The van der Waals surface area contributed by atoms with E-state index in [1.165, 1.54) is 0 Å². The fourth-order valence-electron chi connectivity index (χ4n) is 0.740. The van der Waals surface area contributed by atoms with E-state index in [9.17, 15) is 8.42 Å². The maximum Gasteiger partial charge on any atom is 0.211 e. The third-order valence-corrected chi connectivity index (χ3v) is 3.35. The standard InChI is InChI=1S/C8H19NO3S/c1-3-8(2)7-9-13(11,12)6-4-5-10/h8-10H,3-7H2,1-2H3. The van der Waals surface area contributed by atoms with Crippen molar-refractivity contribution in [2.75, 3.05) is 18.9 Å². The fraction of sp³-hybridized carbons (Fsp3) is 1.00. The third kappa shape index (κ3) is 6.98. The molecule has 2 N–H and O–H groups in total. The Morgan fingerprint density at radius 3 is 2.54 bits per heavy atom. The summed E-state index contributed by atoms with van der Waals surface area (Å²) < 4.78 is 24.9. The number of sulfonamides is 1. The van der Waals surface area contributed by atoms with Crippen molar-refractivity contribution in [1.29, 1.82) is 0 Å². The predicted molar refractivity (Wildman–Crippen MR) is 52.9 cm³/mol. The SMILES string of the molecule is CCC(C)CNS(=O)(=O)CCCO. The molecule has 0 saturated carbocycles. The first-order valence-corrected chi connectivity index (χ1v) is 6.25. The van der Waals surface area contributed by atoms with Gasteiger partial charge in [0.1, 0.15) is 0 Å². The van der Waals surface area contributed by atoms with Gasteiger partial charge in [0, 0.05) is 13.2 Å². The van der Waals surface area contributed by atoms with Crippen LogP contribution in [0.25, 0.3) is 0 Å². The van der Waals surface area contributed by atoms with Crippen LogP contribution in [0.1, 0.15) is 26.7 Å². The molecule has 0 aliphatic heterocycles. The Morgan fingerprint density at radius 2 is 2.08 bits per heavy atom. The molecule has 1 unspecified atom stereocenters. The van der Waals surface area contributed by atoms with E-state index in [0.717, 1.165) is 6.42 Å². The molecule has 0 aliphatic rings. The molecule has 0 aromatic heterocycles. The summed E-state index contributed by atoms with van der Waals surface area (Å²) >= 11 is 0. The van der Waals surface area contributed by atoms with E-state index in [1.807, 2.05) is 13.8 Å². The van der Waals surface area contributed by atoms with E-state index in [4.69, 9.17) is 5.11 Å². The Hall–Kier alpha value is -0.130. The Morgan fingerprint density at radius 1 is 1.46 bits per heavy atom. The molecule has 0 saturated heterocycles. The minimum atomic E-state index is -3.16. The van der Waals surface area contributed by atoms with Gasteiger partial charge >= 0.3 is 0 Å². The lowest BCUT2D eigenvalue weighted by Crippen LogP contribution is -2.30. The smallest absolute Gasteiger partial charge is 0.211 e. The van der Waals surface area contributed by atoms with Crippen molar-refractivity contribution in [3.05, 3.63) is 0 Å². The molecule has 13 heavy (non-hydrogen) atoms. The van der Waals surface area contributed by atoms with Crippen molar-refractivity contribution in [2.24, 2.45) is 5.92 Å². The first kappa shape index (κ1) is 12.9. The molecule has 0 radical (unpaired) electrons. The summed E-state index contributed by atoms with van der Waals surface area (Å²) in [6.45, 7) is 4.43. The van der Waals surface area contributed by atoms with Crippen LogP contribution in [0.15, 0.2) is 0 Å². The van der Waals surface area contributed by atoms with Crippen LogP contribution in [0, 0.1) is 5.92 Å². The van der Waals surface area contributed by atoms with Crippen LogP contribution in [0.2, 0.25) is 0 Å². The Bertz CT molecular complexity index is 213. The first-order chi connectivity index (χ1) is 6.02. The van der Waals surface area contributed by atoms with E-state index in [1.54, 1.807) is 0 Å². The van der Waals surface area contributed by atoms with E-state index in [-0.39, 0.29) is 12.4 Å². The molecule has 0 aromatic carbocycles. The summed E-state index contributed by atoms with van der Waals surface area (Å²) in [6, 6.07) is 0. The molecule has 80 valence electrons. The summed E-state index contributed by atoms with van der Waals surface area (Å²) in [7, 11) is -3.16. The van der Waals surface area contributed by atoms with Crippen LogP contribution in [-0.2, 0) is 10.0 Å². The van der Waals surface area contributed by atoms with Crippen LogP contribution in [0.4, 0.5) is 0 Å². The van der Waals surface area contributed by atoms with E-state index in [2.05, 4.69) is 4.72 Å². The average molecular weight is 209 g/mol. The third-order valence-electron chi connectivity index (χ3n) is 1.92. The number of aliphatic hydroxyl groups excluding tert-OH is 1.